The van der Waals surface area contributed by atoms with Crippen molar-refractivity contribution in [3.05, 3.63) is 53.8 Å². The Bertz CT molecular complexity index is 855. The number of halogens is 1. The summed E-state index contributed by atoms with van der Waals surface area (Å²) in [4.78, 5) is 0.0851. The van der Waals surface area contributed by atoms with E-state index in [9.17, 15) is 12.8 Å². The van der Waals surface area contributed by atoms with E-state index in [2.05, 4.69) is 0 Å². The minimum Gasteiger partial charge on any atom is -0.493 e. The van der Waals surface area contributed by atoms with E-state index in [4.69, 9.17) is 9.47 Å². The number of ether oxygens (including phenoxy) is 2. The summed E-state index contributed by atoms with van der Waals surface area (Å²) in [6, 6.07) is 10.3. The van der Waals surface area contributed by atoms with Crippen LogP contribution >= 0.6 is 11.8 Å². The van der Waals surface area contributed by atoms with Crippen LogP contribution in [0, 0.1) is 5.82 Å². The first kappa shape index (κ1) is 18.0. The average molecular weight is 383 g/mol. The Hall–Kier alpha value is -1.77. The highest BCUT2D eigenvalue weighted by Gasteiger charge is 2.37. The highest BCUT2D eigenvalue weighted by atomic mass is 32.2. The van der Waals surface area contributed by atoms with Crippen LogP contribution in [0.1, 0.15) is 10.9 Å². The number of benzene rings is 2. The first-order valence-electron chi connectivity index (χ1n) is 7.58. The molecule has 0 radical (unpaired) electrons. The molecular formula is C17H18FNO4S2. The summed E-state index contributed by atoms with van der Waals surface area (Å²) < 4.78 is 51.0. The normalized spacial score (nSPS) is 18.3. The molecule has 0 amide bonds. The molecule has 1 saturated heterocycles. The van der Waals surface area contributed by atoms with Gasteiger partial charge in [-0.15, -0.1) is 11.8 Å². The molecule has 2 aromatic rings. The van der Waals surface area contributed by atoms with E-state index in [1.165, 1.54) is 35.3 Å². The van der Waals surface area contributed by atoms with Crippen molar-refractivity contribution in [3.63, 3.8) is 0 Å². The Balaban J connectivity index is 1.96. The summed E-state index contributed by atoms with van der Waals surface area (Å²) in [5, 5.41) is -0.366. The lowest BCUT2D eigenvalue weighted by atomic mass is 10.2. The van der Waals surface area contributed by atoms with Gasteiger partial charge < -0.3 is 9.47 Å². The number of sulfonamides is 1. The van der Waals surface area contributed by atoms with Gasteiger partial charge in [0, 0.05) is 12.3 Å². The molecule has 0 bridgehead atoms. The molecule has 5 nitrogen and oxygen atoms in total. The highest BCUT2D eigenvalue weighted by Crippen LogP contribution is 2.43. The van der Waals surface area contributed by atoms with E-state index in [0.29, 0.717) is 23.8 Å². The van der Waals surface area contributed by atoms with Crippen molar-refractivity contribution in [1.29, 1.82) is 0 Å². The van der Waals surface area contributed by atoms with E-state index in [1.807, 2.05) is 6.07 Å². The topological polar surface area (TPSA) is 55.8 Å². The molecule has 134 valence electrons. The van der Waals surface area contributed by atoms with Crippen LogP contribution in [0.2, 0.25) is 0 Å². The van der Waals surface area contributed by atoms with Crippen molar-refractivity contribution in [3.8, 4) is 11.5 Å². The third kappa shape index (κ3) is 3.47. The summed E-state index contributed by atoms with van der Waals surface area (Å²) in [7, 11) is -0.627. The molecule has 1 aliphatic rings. The van der Waals surface area contributed by atoms with E-state index in [-0.39, 0.29) is 10.3 Å². The van der Waals surface area contributed by atoms with Crippen LogP contribution in [0.3, 0.4) is 0 Å². The van der Waals surface area contributed by atoms with Crippen LogP contribution in [0.15, 0.2) is 47.4 Å². The standard InChI is InChI=1S/C17H18FNO4S2/c1-22-15-8-3-12(11-16(15)23-2)17-19(9-10-24-17)25(20,21)14-6-4-13(18)5-7-14/h3-8,11,17H,9-10H2,1-2H3/t17-/m1/s1. The molecular weight excluding hydrogens is 365 g/mol. The van der Waals surface area contributed by atoms with E-state index in [1.54, 1.807) is 19.2 Å². The smallest absolute Gasteiger partial charge is 0.244 e. The van der Waals surface area contributed by atoms with Gasteiger partial charge in [-0.05, 0) is 42.0 Å². The Morgan fingerprint density at radius 1 is 1.08 bits per heavy atom. The maximum atomic E-state index is 13.1. The molecule has 0 spiro atoms. The second-order valence-corrected chi connectivity index (χ2v) is 8.49. The maximum absolute atomic E-state index is 13.1. The largest absolute Gasteiger partial charge is 0.493 e. The van der Waals surface area contributed by atoms with Crippen molar-refractivity contribution in [2.24, 2.45) is 0 Å². The summed E-state index contributed by atoms with van der Waals surface area (Å²) in [5.74, 6) is 1.35. The predicted molar refractivity (Wildman–Crippen MR) is 95.0 cm³/mol. The Morgan fingerprint density at radius 2 is 1.76 bits per heavy atom. The number of methoxy groups -OCH3 is 2. The molecule has 3 rings (SSSR count). The lowest BCUT2D eigenvalue weighted by Crippen LogP contribution is -2.30. The fourth-order valence-electron chi connectivity index (χ4n) is 2.71. The van der Waals surface area contributed by atoms with E-state index in [0.717, 1.165) is 17.7 Å². The van der Waals surface area contributed by atoms with Crippen LogP contribution in [0.25, 0.3) is 0 Å². The molecule has 1 atom stereocenters. The van der Waals surface area contributed by atoms with Crippen LogP contribution in [-0.2, 0) is 10.0 Å². The lowest BCUT2D eigenvalue weighted by molar-refractivity contribution is 0.353. The molecule has 0 saturated carbocycles. The fraction of sp³-hybridized carbons (Fsp3) is 0.294. The first-order chi connectivity index (χ1) is 12.0. The minimum absolute atomic E-state index is 0.0851. The zero-order valence-corrected chi connectivity index (χ0v) is 15.4. The van der Waals surface area contributed by atoms with Crippen molar-refractivity contribution < 1.29 is 22.3 Å². The van der Waals surface area contributed by atoms with Gasteiger partial charge in [-0.25, -0.2) is 12.8 Å². The molecule has 1 fully saturated rings. The number of thioether (sulfide) groups is 1. The van der Waals surface area contributed by atoms with Crippen molar-refractivity contribution in [2.45, 2.75) is 10.3 Å². The van der Waals surface area contributed by atoms with Crippen LogP contribution in [0.5, 0.6) is 11.5 Å². The number of nitrogens with zero attached hydrogens (tertiary/aromatic N) is 1. The van der Waals surface area contributed by atoms with Gasteiger partial charge in [0.25, 0.3) is 0 Å². The molecule has 1 heterocycles. The zero-order valence-electron chi connectivity index (χ0n) is 13.8. The monoisotopic (exact) mass is 383 g/mol. The van der Waals surface area contributed by atoms with Gasteiger partial charge in [-0.3, -0.25) is 0 Å². The number of hydrogen-bond donors (Lipinski definition) is 0. The third-order valence-electron chi connectivity index (χ3n) is 3.96. The first-order valence-corrected chi connectivity index (χ1v) is 10.1. The molecule has 0 unspecified atom stereocenters. The van der Waals surface area contributed by atoms with Crippen LogP contribution in [-0.4, -0.2) is 39.2 Å². The SMILES string of the molecule is COc1ccc([C@H]2SCCN2S(=O)(=O)c2ccc(F)cc2)cc1OC. The van der Waals surface area contributed by atoms with E-state index < -0.39 is 15.8 Å². The van der Waals surface area contributed by atoms with Gasteiger partial charge in [-0.2, -0.15) is 4.31 Å². The molecule has 0 N–H and O–H groups in total. The van der Waals surface area contributed by atoms with Crippen LogP contribution in [0.4, 0.5) is 4.39 Å². The van der Waals surface area contributed by atoms with Crippen molar-refractivity contribution in [1.82, 2.24) is 4.31 Å². The van der Waals surface area contributed by atoms with E-state index >= 15 is 0 Å². The summed E-state index contributed by atoms with van der Waals surface area (Å²) >= 11 is 1.54. The third-order valence-corrected chi connectivity index (χ3v) is 7.23. The van der Waals surface area contributed by atoms with Crippen molar-refractivity contribution in [2.75, 3.05) is 26.5 Å². The van der Waals surface area contributed by atoms with Gasteiger partial charge in [0.1, 0.15) is 5.82 Å². The molecule has 0 aliphatic carbocycles. The van der Waals surface area contributed by atoms with Gasteiger partial charge >= 0.3 is 0 Å². The highest BCUT2D eigenvalue weighted by molar-refractivity contribution is 8.01. The summed E-state index contributed by atoms with van der Waals surface area (Å²) in [5.41, 5.74) is 0.811. The molecule has 0 aromatic heterocycles. The number of rotatable bonds is 5. The maximum Gasteiger partial charge on any atom is 0.244 e. The molecule has 8 heteroatoms. The summed E-state index contributed by atoms with van der Waals surface area (Å²) in [6.45, 7) is 0.392. The predicted octanol–water partition coefficient (Wildman–Crippen LogP) is 3.28. The molecule has 1 aliphatic heterocycles. The Labute approximate surface area is 150 Å². The van der Waals surface area contributed by atoms with Gasteiger partial charge in [0.2, 0.25) is 10.0 Å². The summed E-state index contributed by atoms with van der Waals surface area (Å²) in [6.07, 6.45) is 0. The molecule has 2 aromatic carbocycles. The van der Waals surface area contributed by atoms with Gasteiger partial charge in [0.15, 0.2) is 11.5 Å². The second kappa shape index (κ2) is 7.23. The average Bonchev–Trinajstić information content (AvgIpc) is 3.12. The quantitative estimate of drug-likeness (QED) is 0.793. The minimum atomic E-state index is -3.71. The molecule has 25 heavy (non-hydrogen) atoms. The van der Waals surface area contributed by atoms with Crippen LogP contribution < -0.4 is 9.47 Å². The second-order valence-electron chi connectivity index (χ2n) is 5.41. The van der Waals surface area contributed by atoms with Gasteiger partial charge in [0.05, 0.1) is 24.5 Å². The zero-order chi connectivity index (χ0) is 18.0. The van der Waals surface area contributed by atoms with Crippen molar-refractivity contribution >= 4 is 21.8 Å². The van der Waals surface area contributed by atoms with Gasteiger partial charge in [-0.1, -0.05) is 6.07 Å². The number of hydrogen-bond acceptors (Lipinski definition) is 5. The Morgan fingerprint density at radius 3 is 2.40 bits per heavy atom. The lowest BCUT2D eigenvalue weighted by Gasteiger charge is -2.24. The Kier molecular flexibility index (Phi) is 5.21. The fourth-order valence-corrected chi connectivity index (χ4v) is 5.94.